The molecule has 150 valence electrons. The van der Waals surface area contributed by atoms with Crippen LogP contribution in [-0.2, 0) is 11.3 Å². The van der Waals surface area contributed by atoms with Crippen molar-refractivity contribution in [3.63, 3.8) is 0 Å². The summed E-state index contributed by atoms with van der Waals surface area (Å²) in [6.45, 7) is 8.67. The molecular weight excluding hydrogens is 375 g/mol. The van der Waals surface area contributed by atoms with Gasteiger partial charge in [-0.25, -0.2) is 4.39 Å². The first kappa shape index (κ1) is 20.6. The van der Waals surface area contributed by atoms with E-state index in [9.17, 15) is 9.18 Å². The zero-order valence-corrected chi connectivity index (χ0v) is 17.2. The van der Waals surface area contributed by atoms with Gasteiger partial charge in [-0.2, -0.15) is 0 Å². The van der Waals surface area contributed by atoms with Crippen molar-refractivity contribution in [2.75, 3.05) is 5.75 Å². The van der Waals surface area contributed by atoms with E-state index in [1.807, 2.05) is 0 Å². The Bertz CT molecular complexity index is 838. The monoisotopic (exact) mass is 402 g/mol. The summed E-state index contributed by atoms with van der Waals surface area (Å²) in [4.78, 5) is 12.5. The SMILES string of the molecule is C=CCn1c(SCC(=O)N[C@H]2CCC[C@@H](C)[C@H]2C)nnc1-c1ccccc1F. The minimum atomic E-state index is -0.352. The number of nitrogens with zero attached hydrogens (tertiary/aromatic N) is 3. The van der Waals surface area contributed by atoms with Gasteiger partial charge in [-0.1, -0.05) is 56.7 Å². The molecule has 7 heteroatoms. The van der Waals surface area contributed by atoms with Crippen molar-refractivity contribution in [2.24, 2.45) is 11.8 Å². The lowest BCUT2D eigenvalue weighted by Gasteiger charge is -2.34. The summed E-state index contributed by atoms with van der Waals surface area (Å²) in [6, 6.07) is 6.70. The number of carbonyl (C=O) groups excluding carboxylic acids is 1. The largest absolute Gasteiger partial charge is 0.352 e. The molecule has 0 bridgehead atoms. The molecule has 1 fully saturated rings. The highest BCUT2D eigenvalue weighted by Crippen LogP contribution is 2.30. The van der Waals surface area contributed by atoms with Gasteiger partial charge < -0.3 is 5.32 Å². The Morgan fingerprint density at radius 3 is 2.89 bits per heavy atom. The summed E-state index contributed by atoms with van der Waals surface area (Å²) in [7, 11) is 0. The number of rotatable bonds is 7. The molecule has 5 nitrogen and oxygen atoms in total. The van der Waals surface area contributed by atoms with Gasteiger partial charge in [0.25, 0.3) is 0 Å². The van der Waals surface area contributed by atoms with Crippen molar-refractivity contribution in [2.45, 2.75) is 50.9 Å². The highest BCUT2D eigenvalue weighted by Gasteiger charge is 2.28. The fourth-order valence-corrected chi connectivity index (χ4v) is 4.45. The molecule has 1 aromatic heterocycles. The highest BCUT2D eigenvalue weighted by molar-refractivity contribution is 7.99. The van der Waals surface area contributed by atoms with Gasteiger partial charge in [-0.15, -0.1) is 16.8 Å². The Balaban J connectivity index is 1.68. The van der Waals surface area contributed by atoms with E-state index >= 15 is 0 Å². The molecule has 3 rings (SSSR count). The Kier molecular flexibility index (Phi) is 6.88. The zero-order chi connectivity index (χ0) is 20.1. The highest BCUT2D eigenvalue weighted by atomic mass is 32.2. The number of benzene rings is 1. The number of hydrogen-bond donors (Lipinski definition) is 1. The topological polar surface area (TPSA) is 59.8 Å². The van der Waals surface area contributed by atoms with E-state index in [1.165, 1.54) is 24.2 Å². The van der Waals surface area contributed by atoms with Crippen LogP contribution in [0.2, 0.25) is 0 Å². The van der Waals surface area contributed by atoms with Crippen LogP contribution in [0.25, 0.3) is 11.4 Å². The van der Waals surface area contributed by atoms with E-state index in [-0.39, 0.29) is 23.5 Å². The molecule has 1 heterocycles. The molecule has 1 aliphatic rings. The van der Waals surface area contributed by atoms with Gasteiger partial charge in [-0.05, 0) is 30.4 Å². The number of aromatic nitrogens is 3. The molecule has 1 N–H and O–H groups in total. The Labute approximate surface area is 169 Å². The minimum Gasteiger partial charge on any atom is -0.352 e. The average Bonchev–Trinajstić information content (AvgIpc) is 3.07. The number of amides is 1. The van der Waals surface area contributed by atoms with Gasteiger partial charge in [0.15, 0.2) is 11.0 Å². The molecular formula is C21H27FN4OS. The first-order valence-electron chi connectivity index (χ1n) is 9.72. The second-order valence-corrected chi connectivity index (χ2v) is 8.36. The van der Waals surface area contributed by atoms with E-state index < -0.39 is 0 Å². The van der Waals surface area contributed by atoms with Crippen molar-refractivity contribution >= 4 is 17.7 Å². The summed E-state index contributed by atoms with van der Waals surface area (Å²) in [5, 5.41) is 12.1. The van der Waals surface area contributed by atoms with Crippen molar-refractivity contribution in [3.05, 3.63) is 42.7 Å². The second kappa shape index (κ2) is 9.37. The molecule has 1 amide bonds. The predicted molar refractivity (Wildman–Crippen MR) is 110 cm³/mol. The van der Waals surface area contributed by atoms with Crippen LogP contribution in [0, 0.1) is 17.7 Å². The summed E-state index contributed by atoms with van der Waals surface area (Å²) in [5.41, 5.74) is 0.387. The van der Waals surface area contributed by atoms with Gasteiger partial charge in [0.2, 0.25) is 5.91 Å². The van der Waals surface area contributed by atoms with Crippen LogP contribution in [0.15, 0.2) is 42.1 Å². The van der Waals surface area contributed by atoms with Gasteiger partial charge >= 0.3 is 0 Å². The molecule has 1 saturated carbocycles. The Morgan fingerprint density at radius 1 is 1.36 bits per heavy atom. The molecule has 0 spiro atoms. The van der Waals surface area contributed by atoms with E-state index in [0.717, 1.165) is 12.8 Å². The summed E-state index contributed by atoms with van der Waals surface area (Å²) in [5.74, 6) is 1.46. The van der Waals surface area contributed by atoms with Crippen molar-refractivity contribution < 1.29 is 9.18 Å². The predicted octanol–water partition coefficient (Wildman–Crippen LogP) is 4.30. The number of halogens is 1. The third-order valence-corrected chi connectivity index (χ3v) is 6.50. The van der Waals surface area contributed by atoms with E-state index in [2.05, 4.69) is 35.9 Å². The number of thioether (sulfide) groups is 1. The number of allylic oxidation sites excluding steroid dienone is 1. The van der Waals surface area contributed by atoms with Gasteiger partial charge in [0, 0.05) is 12.6 Å². The number of carbonyl (C=O) groups is 1. The molecule has 28 heavy (non-hydrogen) atoms. The van der Waals surface area contributed by atoms with Gasteiger partial charge in [0.1, 0.15) is 5.82 Å². The maximum Gasteiger partial charge on any atom is 0.230 e. The maximum absolute atomic E-state index is 14.2. The first-order chi connectivity index (χ1) is 13.5. The first-order valence-corrected chi connectivity index (χ1v) is 10.7. The van der Waals surface area contributed by atoms with Gasteiger partial charge in [0.05, 0.1) is 11.3 Å². The minimum absolute atomic E-state index is 0.00320. The zero-order valence-electron chi connectivity index (χ0n) is 16.4. The quantitative estimate of drug-likeness (QED) is 0.554. The fraction of sp³-hybridized carbons (Fsp3) is 0.476. The van der Waals surface area contributed by atoms with E-state index in [4.69, 9.17) is 0 Å². The third kappa shape index (κ3) is 4.63. The van der Waals surface area contributed by atoms with Crippen LogP contribution in [0.5, 0.6) is 0 Å². The normalized spacial score (nSPS) is 22.0. The summed E-state index contributed by atoms with van der Waals surface area (Å²) >= 11 is 1.31. The van der Waals surface area contributed by atoms with Crippen molar-refractivity contribution in [1.82, 2.24) is 20.1 Å². The third-order valence-electron chi connectivity index (χ3n) is 5.53. The summed E-state index contributed by atoms with van der Waals surface area (Å²) in [6.07, 6.45) is 5.13. The molecule has 1 aromatic carbocycles. The molecule has 0 unspecified atom stereocenters. The van der Waals surface area contributed by atoms with Crippen molar-refractivity contribution in [3.8, 4) is 11.4 Å². The van der Waals surface area contributed by atoms with Crippen LogP contribution >= 0.6 is 11.8 Å². The Morgan fingerprint density at radius 2 is 2.14 bits per heavy atom. The molecule has 0 aliphatic heterocycles. The molecule has 3 atom stereocenters. The smallest absolute Gasteiger partial charge is 0.230 e. The number of nitrogens with one attached hydrogen (secondary N) is 1. The second-order valence-electron chi connectivity index (χ2n) is 7.42. The van der Waals surface area contributed by atoms with E-state index in [1.54, 1.807) is 28.8 Å². The van der Waals surface area contributed by atoms with Crippen LogP contribution < -0.4 is 5.32 Å². The van der Waals surface area contributed by atoms with Crippen LogP contribution in [0.3, 0.4) is 0 Å². The molecule has 0 radical (unpaired) electrons. The van der Waals surface area contributed by atoms with E-state index in [0.29, 0.717) is 34.9 Å². The molecule has 2 aromatic rings. The maximum atomic E-state index is 14.2. The lowest BCUT2D eigenvalue weighted by molar-refractivity contribution is -0.120. The lowest BCUT2D eigenvalue weighted by Crippen LogP contribution is -2.44. The summed E-state index contributed by atoms with van der Waals surface area (Å²) < 4.78 is 16.0. The van der Waals surface area contributed by atoms with Crippen LogP contribution in [0.4, 0.5) is 4.39 Å². The van der Waals surface area contributed by atoms with Crippen LogP contribution in [-0.4, -0.2) is 32.5 Å². The average molecular weight is 403 g/mol. The van der Waals surface area contributed by atoms with Crippen LogP contribution in [0.1, 0.15) is 33.1 Å². The molecule has 1 aliphatic carbocycles. The van der Waals surface area contributed by atoms with Crippen molar-refractivity contribution in [1.29, 1.82) is 0 Å². The standard InChI is InChI=1S/C21H27FN4OS/c1-4-12-26-20(16-9-5-6-10-17(16)22)24-25-21(26)28-13-19(27)23-18-11-7-8-14(2)15(18)3/h4-6,9-10,14-15,18H,1,7-8,11-13H2,2-3H3,(H,23,27)/t14-,15-,18+/m1/s1. The fourth-order valence-electron chi connectivity index (χ4n) is 3.70. The number of hydrogen-bond acceptors (Lipinski definition) is 4. The Hall–Kier alpha value is -2.15. The lowest BCUT2D eigenvalue weighted by atomic mass is 9.78. The molecule has 0 saturated heterocycles. The van der Waals surface area contributed by atoms with Gasteiger partial charge in [-0.3, -0.25) is 9.36 Å².